The van der Waals surface area contributed by atoms with Crippen molar-refractivity contribution in [3.8, 4) is 44.5 Å². The number of hydrogen-bond donors (Lipinski definition) is 0. The number of nitrogens with zero attached hydrogens (tertiary/aromatic N) is 1. The normalized spacial score (nSPS) is 11.5. The highest BCUT2D eigenvalue weighted by molar-refractivity contribution is 6.11. The van der Waals surface area contributed by atoms with Gasteiger partial charge in [-0.1, -0.05) is 164 Å². The van der Waals surface area contributed by atoms with Crippen molar-refractivity contribution in [2.24, 2.45) is 0 Å². The van der Waals surface area contributed by atoms with Crippen LogP contribution in [0, 0.1) is 0 Å². The molecule has 0 saturated carbocycles. The van der Waals surface area contributed by atoms with E-state index in [-0.39, 0.29) is 0 Å². The second-order valence-corrected chi connectivity index (χ2v) is 14.5. The Kier molecular flexibility index (Phi) is 7.82. The highest BCUT2D eigenvalue weighted by atomic mass is 16.3. The van der Waals surface area contributed by atoms with E-state index in [1.807, 2.05) is 24.3 Å². The predicted octanol–water partition coefficient (Wildman–Crippen LogP) is 15.6. The molecule has 0 aliphatic carbocycles. The summed E-state index contributed by atoms with van der Waals surface area (Å²) in [4.78, 5) is 2.34. The van der Waals surface area contributed by atoms with Crippen LogP contribution in [-0.2, 0) is 0 Å². The molecule has 3 nitrogen and oxygen atoms in total. The topological polar surface area (TPSA) is 29.5 Å². The molecule has 11 aromatic rings. The van der Waals surface area contributed by atoms with E-state index < -0.39 is 0 Å². The highest BCUT2D eigenvalue weighted by Gasteiger charge is 2.18. The van der Waals surface area contributed by atoms with Gasteiger partial charge < -0.3 is 13.7 Å². The average Bonchev–Trinajstić information content (AvgIpc) is 3.86. The van der Waals surface area contributed by atoms with Crippen molar-refractivity contribution >= 4 is 60.9 Å². The van der Waals surface area contributed by atoms with Crippen LogP contribution in [0.25, 0.3) is 88.4 Å². The Hall–Kier alpha value is -7.62. The van der Waals surface area contributed by atoms with Crippen LogP contribution < -0.4 is 4.90 Å². The third-order valence-corrected chi connectivity index (χ3v) is 11.1. The molecule has 0 N–H and O–H groups in total. The van der Waals surface area contributed by atoms with E-state index in [0.717, 1.165) is 88.8 Å². The Morgan fingerprint density at radius 2 is 0.649 bits per heavy atom. The molecular formula is C54H35NO2. The fraction of sp³-hybridized carbons (Fsp3) is 0. The SMILES string of the molecule is c1ccc(-c2ccc(-c3ccc(N(c4cccc(-c5cccc6c5oc5ccccc56)c4)c4cccc(-c5cccc6c5oc5ccccc56)c4)cc3)cc2)cc1. The standard InChI is InChI=1S/C54H35NO2/c1-2-12-36(13-3-1)37-26-28-38(29-27-37)39-30-32-42(33-31-39)55(43-16-8-14-40(34-43)45-20-10-22-49-47-18-4-6-24-51(47)56-53(45)49)44-17-9-15-41(35-44)46-21-11-23-50-48-19-5-7-25-52(48)57-54(46)50/h1-35H. The van der Waals surface area contributed by atoms with Gasteiger partial charge in [0.2, 0.25) is 0 Å². The maximum atomic E-state index is 6.49. The molecule has 0 amide bonds. The number of hydrogen-bond acceptors (Lipinski definition) is 3. The molecule has 0 unspecified atom stereocenters. The zero-order valence-electron chi connectivity index (χ0n) is 31.0. The molecule has 0 fully saturated rings. The van der Waals surface area contributed by atoms with Crippen molar-refractivity contribution in [2.45, 2.75) is 0 Å². The summed E-state index contributed by atoms with van der Waals surface area (Å²) in [5, 5.41) is 4.48. The van der Waals surface area contributed by atoms with Crippen molar-refractivity contribution in [3.05, 3.63) is 212 Å². The van der Waals surface area contributed by atoms with Crippen molar-refractivity contribution in [3.63, 3.8) is 0 Å². The zero-order valence-corrected chi connectivity index (χ0v) is 31.0. The molecular weight excluding hydrogens is 695 g/mol. The van der Waals surface area contributed by atoms with E-state index in [4.69, 9.17) is 8.83 Å². The van der Waals surface area contributed by atoms with Gasteiger partial charge in [-0.25, -0.2) is 0 Å². The summed E-state index contributed by atoms with van der Waals surface area (Å²) >= 11 is 0. The third-order valence-electron chi connectivity index (χ3n) is 11.1. The van der Waals surface area contributed by atoms with Gasteiger partial charge in [0.15, 0.2) is 0 Å². The van der Waals surface area contributed by atoms with Crippen LogP contribution >= 0.6 is 0 Å². The molecule has 3 heteroatoms. The first-order valence-corrected chi connectivity index (χ1v) is 19.3. The van der Waals surface area contributed by atoms with E-state index in [1.165, 1.54) is 16.7 Å². The molecule has 2 aromatic heterocycles. The van der Waals surface area contributed by atoms with Crippen LogP contribution in [0.5, 0.6) is 0 Å². The lowest BCUT2D eigenvalue weighted by atomic mass is 9.99. The van der Waals surface area contributed by atoms with E-state index in [0.29, 0.717) is 0 Å². The van der Waals surface area contributed by atoms with E-state index >= 15 is 0 Å². The molecule has 0 aliphatic rings. The lowest BCUT2D eigenvalue weighted by molar-refractivity contribution is 0.669. The Balaban J connectivity index is 1.03. The van der Waals surface area contributed by atoms with Crippen LogP contribution in [0.3, 0.4) is 0 Å². The first-order chi connectivity index (χ1) is 28.2. The fourth-order valence-electron chi connectivity index (χ4n) is 8.31. The van der Waals surface area contributed by atoms with Gasteiger partial charge in [-0.3, -0.25) is 0 Å². The first kappa shape index (κ1) is 32.8. The number of furan rings is 2. The van der Waals surface area contributed by atoms with Gasteiger partial charge in [0.05, 0.1) is 0 Å². The molecule has 268 valence electrons. The Labute approximate surface area is 330 Å². The second-order valence-electron chi connectivity index (χ2n) is 14.5. The molecule has 0 bridgehead atoms. The molecule has 0 aliphatic heterocycles. The molecule has 9 aromatic carbocycles. The Morgan fingerprint density at radius 1 is 0.263 bits per heavy atom. The first-order valence-electron chi connectivity index (χ1n) is 19.3. The van der Waals surface area contributed by atoms with E-state index in [9.17, 15) is 0 Å². The summed E-state index contributed by atoms with van der Waals surface area (Å²) in [6.07, 6.45) is 0. The van der Waals surface area contributed by atoms with E-state index in [2.05, 4.69) is 193 Å². The smallest absolute Gasteiger partial charge is 0.143 e. The summed E-state index contributed by atoms with van der Waals surface area (Å²) in [5.74, 6) is 0. The minimum absolute atomic E-state index is 0.892. The number of benzene rings is 9. The monoisotopic (exact) mass is 729 g/mol. The van der Waals surface area contributed by atoms with Gasteiger partial charge in [0.1, 0.15) is 22.3 Å². The molecule has 2 heterocycles. The molecule has 0 radical (unpaired) electrons. The zero-order chi connectivity index (χ0) is 37.7. The number of fused-ring (bicyclic) bond motifs is 6. The van der Waals surface area contributed by atoms with Crippen molar-refractivity contribution in [2.75, 3.05) is 4.90 Å². The van der Waals surface area contributed by atoms with Crippen molar-refractivity contribution in [1.29, 1.82) is 0 Å². The summed E-state index contributed by atoms with van der Waals surface area (Å²) in [6, 6.07) is 75.1. The lowest BCUT2D eigenvalue weighted by Crippen LogP contribution is -2.10. The van der Waals surface area contributed by atoms with Crippen LogP contribution in [-0.4, -0.2) is 0 Å². The van der Waals surface area contributed by atoms with Gasteiger partial charge in [-0.05, 0) is 81.9 Å². The van der Waals surface area contributed by atoms with Crippen LogP contribution in [0.4, 0.5) is 17.1 Å². The molecule has 0 spiro atoms. The quantitative estimate of drug-likeness (QED) is 0.164. The van der Waals surface area contributed by atoms with Gasteiger partial charge >= 0.3 is 0 Å². The third kappa shape index (κ3) is 5.76. The highest BCUT2D eigenvalue weighted by Crippen LogP contribution is 2.43. The summed E-state index contributed by atoms with van der Waals surface area (Å²) < 4.78 is 13.0. The lowest BCUT2D eigenvalue weighted by Gasteiger charge is -2.27. The van der Waals surface area contributed by atoms with Crippen molar-refractivity contribution < 1.29 is 8.83 Å². The van der Waals surface area contributed by atoms with Gasteiger partial charge in [0.25, 0.3) is 0 Å². The summed E-state index contributed by atoms with van der Waals surface area (Å²) in [7, 11) is 0. The van der Waals surface area contributed by atoms with Crippen LogP contribution in [0.15, 0.2) is 221 Å². The maximum Gasteiger partial charge on any atom is 0.143 e. The molecule has 0 saturated heterocycles. The minimum Gasteiger partial charge on any atom is -0.455 e. The number of para-hydroxylation sites is 4. The predicted molar refractivity (Wildman–Crippen MR) is 237 cm³/mol. The minimum atomic E-state index is 0.892. The van der Waals surface area contributed by atoms with E-state index in [1.54, 1.807) is 0 Å². The maximum absolute atomic E-state index is 6.49. The summed E-state index contributed by atoms with van der Waals surface area (Å²) in [5.41, 5.74) is 15.8. The van der Waals surface area contributed by atoms with Crippen molar-refractivity contribution in [1.82, 2.24) is 0 Å². The number of anilines is 3. The Morgan fingerprint density at radius 3 is 1.16 bits per heavy atom. The fourth-order valence-corrected chi connectivity index (χ4v) is 8.31. The second kappa shape index (κ2) is 13.6. The Bertz CT molecular complexity index is 3070. The molecule has 11 rings (SSSR count). The van der Waals surface area contributed by atoms with Gasteiger partial charge in [-0.15, -0.1) is 0 Å². The largest absolute Gasteiger partial charge is 0.455 e. The summed E-state index contributed by atoms with van der Waals surface area (Å²) in [6.45, 7) is 0. The van der Waals surface area contributed by atoms with Gasteiger partial charge in [0, 0.05) is 49.7 Å². The molecule has 0 atom stereocenters. The average molecular weight is 730 g/mol. The molecule has 57 heavy (non-hydrogen) atoms. The number of rotatable bonds is 7. The van der Waals surface area contributed by atoms with Crippen LogP contribution in [0.2, 0.25) is 0 Å². The van der Waals surface area contributed by atoms with Gasteiger partial charge in [-0.2, -0.15) is 0 Å². The van der Waals surface area contributed by atoms with Crippen LogP contribution in [0.1, 0.15) is 0 Å².